The van der Waals surface area contributed by atoms with Gasteiger partial charge in [0.15, 0.2) is 0 Å². The Morgan fingerprint density at radius 2 is 1.89 bits per heavy atom. The van der Waals surface area contributed by atoms with Crippen LogP contribution < -0.4 is 5.32 Å². The number of hydrogen-bond donors (Lipinski definition) is 2. The molecular weight excluding hydrogens is 259 g/mol. The van der Waals surface area contributed by atoms with E-state index in [0.29, 0.717) is 6.42 Å². The fraction of sp³-hybridized carbons (Fsp3) is 0.667. The highest BCUT2D eigenvalue weighted by atomic mass is 19.4. The fourth-order valence-corrected chi connectivity index (χ4v) is 0.911. The van der Waals surface area contributed by atoms with Crippen LogP contribution in [0, 0.1) is 0 Å². The van der Waals surface area contributed by atoms with Gasteiger partial charge in [-0.15, -0.1) is 0 Å². The molecule has 0 aromatic rings. The summed E-state index contributed by atoms with van der Waals surface area (Å²) < 4.78 is 40.3. The van der Waals surface area contributed by atoms with E-state index in [9.17, 15) is 27.6 Å². The van der Waals surface area contributed by atoms with Crippen LogP contribution in [0.3, 0.4) is 0 Å². The van der Waals surface area contributed by atoms with Crippen molar-refractivity contribution in [2.75, 3.05) is 6.61 Å². The predicted octanol–water partition coefficient (Wildman–Crippen LogP) is 0.461. The Hall–Kier alpha value is -1.80. The van der Waals surface area contributed by atoms with Gasteiger partial charge in [-0.3, -0.25) is 9.59 Å². The molecule has 0 aliphatic heterocycles. The van der Waals surface area contributed by atoms with Crippen LogP contribution in [0.25, 0.3) is 0 Å². The summed E-state index contributed by atoms with van der Waals surface area (Å²) in [7, 11) is 0. The van der Waals surface area contributed by atoms with Gasteiger partial charge in [0, 0.05) is 0 Å². The van der Waals surface area contributed by atoms with Crippen molar-refractivity contribution < 1.29 is 37.4 Å². The predicted molar refractivity (Wildman–Crippen MR) is 51.5 cm³/mol. The Morgan fingerprint density at radius 1 is 1.33 bits per heavy atom. The molecule has 0 fully saturated rings. The lowest BCUT2D eigenvalue weighted by Gasteiger charge is -2.16. The second kappa shape index (κ2) is 6.82. The quantitative estimate of drug-likeness (QED) is 0.685. The minimum Gasteiger partial charge on any atom is -0.481 e. The van der Waals surface area contributed by atoms with E-state index in [1.165, 1.54) is 5.32 Å². The zero-order chi connectivity index (χ0) is 14.3. The number of carbonyl (C=O) groups is 3. The molecule has 0 radical (unpaired) electrons. The van der Waals surface area contributed by atoms with Crippen molar-refractivity contribution in [3.63, 3.8) is 0 Å². The minimum atomic E-state index is -5.19. The van der Waals surface area contributed by atoms with Gasteiger partial charge < -0.3 is 15.2 Å². The number of amides is 1. The number of ether oxygens (including phenoxy) is 1. The highest BCUT2D eigenvalue weighted by Gasteiger charge is 2.41. The summed E-state index contributed by atoms with van der Waals surface area (Å²) in [6.07, 6.45) is -5.76. The lowest BCUT2D eigenvalue weighted by Crippen LogP contribution is -2.48. The van der Waals surface area contributed by atoms with Gasteiger partial charge in [-0.2, -0.15) is 13.2 Å². The van der Waals surface area contributed by atoms with Gasteiger partial charge in [-0.05, 0) is 6.42 Å². The summed E-state index contributed by atoms with van der Waals surface area (Å²) in [5.41, 5.74) is 0. The zero-order valence-electron chi connectivity index (χ0n) is 9.41. The molecule has 0 rings (SSSR count). The molecule has 2 N–H and O–H groups in total. The molecule has 0 saturated carbocycles. The number of esters is 1. The van der Waals surface area contributed by atoms with E-state index in [1.807, 2.05) is 0 Å². The minimum absolute atomic E-state index is 0.0726. The van der Waals surface area contributed by atoms with Crippen molar-refractivity contribution in [2.24, 2.45) is 0 Å². The Labute approximate surface area is 100 Å². The van der Waals surface area contributed by atoms with Gasteiger partial charge in [-0.1, -0.05) is 6.92 Å². The first-order valence-electron chi connectivity index (χ1n) is 4.94. The molecule has 0 bridgehead atoms. The molecule has 104 valence electrons. The third kappa shape index (κ3) is 6.06. The molecule has 9 heteroatoms. The first-order chi connectivity index (χ1) is 8.18. The highest BCUT2D eigenvalue weighted by molar-refractivity contribution is 5.89. The molecule has 0 aliphatic rings. The van der Waals surface area contributed by atoms with Crippen LogP contribution in [0.15, 0.2) is 0 Å². The molecule has 0 heterocycles. The number of carbonyl (C=O) groups excluding carboxylic acids is 2. The summed E-state index contributed by atoms with van der Waals surface area (Å²) in [4.78, 5) is 32.2. The van der Waals surface area contributed by atoms with E-state index in [-0.39, 0.29) is 6.61 Å². The smallest absolute Gasteiger partial charge is 0.471 e. The van der Waals surface area contributed by atoms with E-state index in [0.717, 1.165) is 0 Å². The lowest BCUT2D eigenvalue weighted by atomic mass is 10.2. The van der Waals surface area contributed by atoms with E-state index < -0.39 is 36.5 Å². The topological polar surface area (TPSA) is 92.7 Å². The van der Waals surface area contributed by atoms with Crippen molar-refractivity contribution in [3.8, 4) is 0 Å². The molecule has 1 atom stereocenters. The maximum Gasteiger partial charge on any atom is 0.471 e. The average molecular weight is 271 g/mol. The Kier molecular flexibility index (Phi) is 6.14. The van der Waals surface area contributed by atoms with Gasteiger partial charge in [-0.25, -0.2) is 4.79 Å². The average Bonchev–Trinajstić information content (AvgIpc) is 2.22. The van der Waals surface area contributed by atoms with Gasteiger partial charge in [0.05, 0.1) is 13.0 Å². The molecular formula is C9H12F3NO5. The third-order valence-electron chi connectivity index (χ3n) is 1.67. The molecule has 6 nitrogen and oxygen atoms in total. The SMILES string of the molecule is CCCOC(=O)C(CC(=O)O)NC(=O)C(F)(F)F. The number of aliphatic carboxylic acids is 1. The van der Waals surface area contributed by atoms with Crippen molar-refractivity contribution in [3.05, 3.63) is 0 Å². The molecule has 0 aliphatic carbocycles. The van der Waals surface area contributed by atoms with E-state index >= 15 is 0 Å². The fourth-order valence-electron chi connectivity index (χ4n) is 0.911. The molecule has 0 aromatic carbocycles. The number of hydrogen-bond acceptors (Lipinski definition) is 4. The number of rotatable bonds is 6. The highest BCUT2D eigenvalue weighted by Crippen LogP contribution is 2.15. The van der Waals surface area contributed by atoms with Crippen LogP contribution in [0.2, 0.25) is 0 Å². The van der Waals surface area contributed by atoms with Crippen molar-refractivity contribution in [2.45, 2.75) is 32.0 Å². The Morgan fingerprint density at radius 3 is 2.28 bits per heavy atom. The third-order valence-corrected chi connectivity index (χ3v) is 1.67. The lowest BCUT2D eigenvalue weighted by molar-refractivity contribution is -0.176. The zero-order valence-corrected chi connectivity index (χ0v) is 9.41. The first-order valence-corrected chi connectivity index (χ1v) is 4.94. The summed E-state index contributed by atoms with van der Waals surface area (Å²) in [5.74, 6) is -5.13. The number of carboxylic acid groups (broad SMARTS) is 1. The molecule has 1 amide bonds. The number of alkyl halides is 3. The Bertz CT molecular complexity index is 329. The maximum absolute atomic E-state index is 12.0. The summed E-state index contributed by atoms with van der Waals surface area (Å²) >= 11 is 0. The van der Waals surface area contributed by atoms with Crippen LogP contribution in [0.4, 0.5) is 13.2 Å². The normalized spacial score (nSPS) is 12.7. The van der Waals surface area contributed by atoms with E-state index in [1.54, 1.807) is 6.92 Å². The Balaban J connectivity index is 4.63. The van der Waals surface area contributed by atoms with Crippen LogP contribution in [-0.2, 0) is 19.1 Å². The van der Waals surface area contributed by atoms with Crippen molar-refractivity contribution in [1.82, 2.24) is 5.32 Å². The standard InChI is InChI=1S/C9H12F3NO5/c1-2-3-18-7(16)5(4-6(14)15)13-8(17)9(10,11)12/h5H,2-4H2,1H3,(H,13,17)(H,14,15). The van der Waals surface area contributed by atoms with Crippen LogP contribution >= 0.6 is 0 Å². The monoisotopic (exact) mass is 271 g/mol. The molecule has 0 aromatic heterocycles. The molecule has 0 saturated heterocycles. The second-order valence-electron chi connectivity index (χ2n) is 3.29. The van der Waals surface area contributed by atoms with Gasteiger partial charge in [0.1, 0.15) is 6.04 Å². The summed E-state index contributed by atoms with van der Waals surface area (Å²) in [6.45, 7) is 1.57. The first kappa shape index (κ1) is 16.2. The maximum atomic E-state index is 12.0. The summed E-state index contributed by atoms with van der Waals surface area (Å²) in [6, 6.07) is -1.86. The van der Waals surface area contributed by atoms with E-state index in [4.69, 9.17) is 5.11 Å². The number of halogens is 3. The van der Waals surface area contributed by atoms with Crippen LogP contribution in [-0.4, -0.2) is 41.8 Å². The second-order valence-corrected chi connectivity index (χ2v) is 3.29. The van der Waals surface area contributed by atoms with Crippen LogP contribution in [0.1, 0.15) is 19.8 Å². The number of nitrogens with one attached hydrogen (secondary N) is 1. The van der Waals surface area contributed by atoms with Crippen molar-refractivity contribution in [1.29, 1.82) is 0 Å². The molecule has 0 spiro atoms. The molecule has 18 heavy (non-hydrogen) atoms. The van der Waals surface area contributed by atoms with Crippen LogP contribution in [0.5, 0.6) is 0 Å². The largest absolute Gasteiger partial charge is 0.481 e. The van der Waals surface area contributed by atoms with Gasteiger partial charge >= 0.3 is 24.0 Å². The number of carboxylic acids is 1. The van der Waals surface area contributed by atoms with Gasteiger partial charge in [0.2, 0.25) is 0 Å². The van der Waals surface area contributed by atoms with Crippen molar-refractivity contribution >= 4 is 17.8 Å². The van der Waals surface area contributed by atoms with E-state index in [2.05, 4.69) is 4.74 Å². The molecule has 1 unspecified atom stereocenters. The van der Waals surface area contributed by atoms with Gasteiger partial charge in [0.25, 0.3) is 0 Å². The summed E-state index contributed by atoms with van der Waals surface area (Å²) in [5, 5.41) is 9.71.